The van der Waals surface area contributed by atoms with Crippen LogP contribution in [-0.2, 0) is 6.54 Å². The molecule has 7 nitrogen and oxygen atoms in total. The summed E-state index contributed by atoms with van der Waals surface area (Å²) in [6, 6.07) is 0. The average Bonchev–Trinajstić information content (AvgIpc) is 2.65. The van der Waals surface area contributed by atoms with Gasteiger partial charge in [-0.3, -0.25) is 9.36 Å². The largest absolute Gasteiger partial charge is 0.392 e. The van der Waals surface area contributed by atoms with E-state index in [-0.39, 0.29) is 17.4 Å². The van der Waals surface area contributed by atoms with Crippen LogP contribution in [0.2, 0.25) is 5.15 Å². The molecule has 2 N–H and O–H groups in total. The van der Waals surface area contributed by atoms with Gasteiger partial charge in [-0.2, -0.15) is 0 Å². The Labute approximate surface area is 94.8 Å². The van der Waals surface area contributed by atoms with Crippen LogP contribution in [-0.4, -0.2) is 19.9 Å². The number of hydrogen-bond donors (Lipinski definition) is 1. The second-order valence-corrected chi connectivity index (χ2v) is 3.54. The fourth-order valence-electron chi connectivity index (χ4n) is 1.15. The summed E-state index contributed by atoms with van der Waals surface area (Å²) in [4.78, 5) is 15.4. The number of aromatic nitrogens is 4. The van der Waals surface area contributed by atoms with Crippen molar-refractivity contribution in [2.24, 2.45) is 0 Å². The summed E-state index contributed by atoms with van der Waals surface area (Å²) in [6.45, 7) is 1.92. The highest BCUT2D eigenvalue weighted by atomic mass is 35.5. The predicted octanol–water partition coefficient (Wildman–Crippen LogP) is 0.219. The van der Waals surface area contributed by atoms with E-state index in [0.29, 0.717) is 11.4 Å². The molecule has 0 saturated heterocycles. The van der Waals surface area contributed by atoms with Crippen LogP contribution >= 0.6 is 11.6 Å². The molecule has 0 unspecified atom stereocenters. The Kier molecular flexibility index (Phi) is 2.61. The number of anilines is 1. The van der Waals surface area contributed by atoms with Gasteiger partial charge in [-0.15, -0.1) is 0 Å². The summed E-state index contributed by atoms with van der Waals surface area (Å²) in [6.07, 6.45) is 1.30. The van der Waals surface area contributed by atoms with E-state index in [4.69, 9.17) is 17.3 Å². The van der Waals surface area contributed by atoms with Crippen LogP contribution < -0.4 is 11.3 Å². The fourth-order valence-corrected chi connectivity index (χ4v) is 1.28. The first-order valence-corrected chi connectivity index (χ1v) is 4.76. The maximum atomic E-state index is 11.7. The zero-order valence-corrected chi connectivity index (χ0v) is 9.10. The number of hydrogen-bond acceptors (Lipinski definition) is 6. The molecule has 0 saturated carbocycles. The highest BCUT2D eigenvalue weighted by molar-refractivity contribution is 6.31. The van der Waals surface area contributed by atoms with Crippen molar-refractivity contribution in [2.75, 3.05) is 5.73 Å². The number of nitrogen functional groups attached to an aromatic ring is 1. The molecule has 8 heteroatoms. The van der Waals surface area contributed by atoms with Crippen LogP contribution in [0.5, 0.6) is 0 Å². The highest BCUT2D eigenvalue weighted by Crippen LogP contribution is 2.09. The molecule has 2 rings (SSSR count). The van der Waals surface area contributed by atoms with Crippen molar-refractivity contribution >= 4 is 17.3 Å². The van der Waals surface area contributed by atoms with E-state index in [1.54, 1.807) is 6.92 Å². The summed E-state index contributed by atoms with van der Waals surface area (Å²) in [5, 5.41) is 7.26. The van der Waals surface area contributed by atoms with Gasteiger partial charge in [0, 0.05) is 0 Å². The maximum absolute atomic E-state index is 11.7. The number of nitrogens with two attached hydrogens (primary N) is 1. The summed E-state index contributed by atoms with van der Waals surface area (Å²) in [5.41, 5.74) is 6.12. The van der Waals surface area contributed by atoms with Crippen LogP contribution in [0.3, 0.4) is 0 Å². The molecule has 0 aliphatic rings. The Morgan fingerprint density at radius 2 is 2.31 bits per heavy atom. The van der Waals surface area contributed by atoms with E-state index < -0.39 is 5.56 Å². The predicted molar refractivity (Wildman–Crippen MR) is 56.1 cm³/mol. The Bertz CT molecular complexity index is 576. The normalized spacial score (nSPS) is 10.6. The molecule has 0 aromatic carbocycles. The van der Waals surface area contributed by atoms with Gasteiger partial charge < -0.3 is 5.73 Å². The summed E-state index contributed by atoms with van der Waals surface area (Å²) < 4.78 is 5.80. The molecule has 16 heavy (non-hydrogen) atoms. The molecule has 84 valence electrons. The monoisotopic (exact) mass is 241 g/mol. The molecule has 0 aliphatic heterocycles. The molecule has 0 spiro atoms. The van der Waals surface area contributed by atoms with Crippen molar-refractivity contribution in [2.45, 2.75) is 13.5 Å². The minimum absolute atomic E-state index is 0.00347. The zero-order chi connectivity index (χ0) is 11.7. The summed E-state index contributed by atoms with van der Waals surface area (Å²) in [5.74, 6) is 0. The highest BCUT2D eigenvalue weighted by Gasteiger charge is 2.10. The first kappa shape index (κ1) is 10.6. The lowest BCUT2D eigenvalue weighted by Gasteiger charge is -2.04. The quantitative estimate of drug-likeness (QED) is 0.755. The average molecular weight is 242 g/mol. The topological polar surface area (TPSA) is 99.8 Å². The summed E-state index contributed by atoms with van der Waals surface area (Å²) >= 11 is 5.60. The lowest BCUT2D eigenvalue weighted by atomic mass is 10.3. The third-order valence-electron chi connectivity index (χ3n) is 2.09. The number of nitrogens with zero attached hydrogens (tertiary/aromatic N) is 4. The SMILES string of the molecule is Cc1nonc1Cn1cnc(Cl)c(N)c1=O. The van der Waals surface area contributed by atoms with Crippen LogP contribution in [0.1, 0.15) is 11.4 Å². The minimum atomic E-state index is -0.414. The fraction of sp³-hybridized carbons (Fsp3) is 0.250. The lowest BCUT2D eigenvalue weighted by Crippen LogP contribution is -2.24. The van der Waals surface area contributed by atoms with Gasteiger partial charge in [0.1, 0.15) is 17.1 Å². The number of halogens is 1. The van der Waals surface area contributed by atoms with Crippen LogP contribution in [0.4, 0.5) is 5.69 Å². The van der Waals surface area contributed by atoms with Crippen molar-refractivity contribution in [3.63, 3.8) is 0 Å². The maximum Gasteiger partial charge on any atom is 0.278 e. The minimum Gasteiger partial charge on any atom is -0.392 e. The molecule has 2 heterocycles. The van der Waals surface area contributed by atoms with E-state index in [9.17, 15) is 4.79 Å². The third-order valence-corrected chi connectivity index (χ3v) is 2.39. The standard InChI is InChI=1S/C8H8ClN5O2/c1-4-5(13-16-12-4)2-14-3-11-7(9)6(10)8(14)15/h3H,2,10H2,1H3. The molecule has 2 aromatic rings. The molecular weight excluding hydrogens is 234 g/mol. The zero-order valence-electron chi connectivity index (χ0n) is 8.35. The Hall–Kier alpha value is -1.89. The van der Waals surface area contributed by atoms with E-state index in [1.165, 1.54) is 10.9 Å². The molecule has 0 atom stereocenters. The second-order valence-electron chi connectivity index (χ2n) is 3.18. The van der Waals surface area contributed by atoms with Crippen LogP contribution in [0.25, 0.3) is 0 Å². The molecular formula is C8H8ClN5O2. The molecule has 2 aromatic heterocycles. The smallest absolute Gasteiger partial charge is 0.278 e. The van der Waals surface area contributed by atoms with Gasteiger partial charge in [-0.25, -0.2) is 9.61 Å². The van der Waals surface area contributed by atoms with Crippen molar-refractivity contribution in [3.8, 4) is 0 Å². The van der Waals surface area contributed by atoms with Crippen molar-refractivity contribution in [3.05, 3.63) is 33.2 Å². The lowest BCUT2D eigenvalue weighted by molar-refractivity contribution is 0.300. The third kappa shape index (κ3) is 1.76. The van der Waals surface area contributed by atoms with Gasteiger partial charge in [-0.1, -0.05) is 21.9 Å². The van der Waals surface area contributed by atoms with Gasteiger partial charge in [0.15, 0.2) is 5.15 Å². The first-order valence-electron chi connectivity index (χ1n) is 4.38. The van der Waals surface area contributed by atoms with Crippen molar-refractivity contribution in [1.29, 1.82) is 0 Å². The molecule has 0 bridgehead atoms. The molecule has 0 fully saturated rings. The first-order chi connectivity index (χ1) is 7.59. The van der Waals surface area contributed by atoms with E-state index in [2.05, 4.69) is 19.9 Å². The van der Waals surface area contributed by atoms with Crippen molar-refractivity contribution < 1.29 is 4.63 Å². The van der Waals surface area contributed by atoms with Gasteiger partial charge in [0.05, 0.1) is 12.9 Å². The number of aryl methyl sites for hydroxylation is 1. The molecule has 0 amide bonds. The van der Waals surface area contributed by atoms with Crippen LogP contribution in [0, 0.1) is 6.92 Å². The van der Waals surface area contributed by atoms with Crippen LogP contribution in [0.15, 0.2) is 15.8 Å². The van der Waals surface area contributed by atoms with E-state index >= 15 is 0 Å². The van der Waals surface area contributed by atoms with Gasteiger partial charge in [0.25, 0.3) is 5.56 Å². The summed E-state index contributed by atoms with van der Waals surface area (Å²) in [7, 11) is 0. The number of rotatable bonds is 2. The van der Waals surface area contributed by atoms with Crippen molar-refractivity contribution in [1.82, 2.24) is 19.9 Å². The van der Waals surface area contributed by atoms with Gasteiger partial charge in [0.2, 0.25) is 0 Å². The second kappa shape index (κ2) is 3.93. The Balaban J connectivity index is 2.40. The van der Waals surface area contributed by atoms with Gasteiger partial charge >= 0.3 is 0 Å². The molecule has 0 radical (unpaired) electrons. The van der Waals surface area contributed by atoms with E-state index in [1.807, 2.05) is 0 Å². The molecule has 0 aliphatic carbocycles. The van der Waals surface area contributed by atoms with Gasteiger partial charge in [-0.05, 0) is 6.92 Å². The Morgan fingerprint density at radius 3 is 2.94 bits per heavy atom. The van der Waals surface area contributed by atoms with E-state index in [0.717, 1.165) is 0 Å². The Morgan fingerprint density at radius 1 is 1.56 bits per heavy atom.